The van der Waals surface area contributed by atoms with Crippen molar-refractivity contribution < 1.29 is 4.74 Å². The van der Waals surface area contributed by atoms with Crippen molar-refractivity contribution in [2.24, 2.45) is 0 Å². The maximum atomic E-state index is 8.67. The summed E-state index contributed by atoms with van der Waals surface area (Å²) in [4.78, 5) is 2.12. The topological polar surface area (TPSA) is 62.3 Å². The summed E-state index contributed by atoms with van der Waals surface area (Å²) in [5.74, 6) is 0.746. The summed E-state index contributed by atoms with van der Waals surface area (Å²) in [6, 6.07) is 8.08. The van der Waals surface area contributed by atoms with Crippen LogP contribution in [0.4, 0.5) is 11.4 Å². The Morgan fingerprint density at radius 1 is 1.47 bits per heavy atom. The van der Waals surface area contributed by atoms with Crippen LogP contribution in [0.25, 0.3) is 0 Å². The lowest BCUT2D eigenvalue weighted by Gasteiger charge is -2.29. The van der Waals surface area contributed by atoms with E-state index in [1.807, 2.05) is 12.1 Å². The molecule has 0 aromatic heterocycles. The van der Waals surface area contributed by atoms with E-state index in [2.05, 4.69) is 24.8 Å². The largest absolute Gasteiger partial charge is 0.497 e. The zero-order valence-electron chi connectivity index (χ0n) is 10.6. The van der Waals surface area contributed by atoms with Gasteiger partial charge in [-0.05, 0) is 26.0 Å². The van der Waals surface area contributed by atoms with Gasteiger partial charge in [-0.15, -0.1) is 0 Å². The summed E-state index contributed by atoms with van der Waals surface area (Å²) in [6.45, 7) is 4.85. The molecule has 1 aromatic carbocycles. The number of hydrogen-bond acceptors (Lipinski definition) is 4. The Hall–Kier alpha value is -1.89. The van der Waals surface area contributed by atoms with Gasteiger partial charge in [0.15, 0.2) is 0 Å². The first-order chi connectivity index (χ1) is 8.10. The van der Waals surface area contributed by atoms with Gasteiger partial charge in [0.1, 0.15) is 5.75 Å². The summed E-state index contributed by atoms with van der Waals surface area (Å²) in [5.41, 5.74) is 7.63. The van der Waals surface area contributed by atoms with E-state index in [-0.39, 0.29) is 0 Å². The Balaban J connectivity index is 2.98. The molecule has 0 aliphatic carbocycles. The average molecular weight is 233 g/mol. The smallest absolute Gasteiger partial charge is 0.121 e. The van der Waals surface area contributed by atoms with Gasteiger partial charge in [0, 0.05) is 18.7 Å². The molecule has 0 saturated carbocycles. The van der Waals surface area contributed by atoms with Crippen LogP contribution in [0.5, 0.6) is 5.75 Å². The first-order valence-electron chi connectivity index (χ1n) is 5.67. The Morgan fingerprint density at radius 3 is 2.65 bits per heavy atom. The second-order valence-electron chi connectivity index (χ2n) is 4.12. The van der Waals surface area contributed by atoms with E-state index in [9.17, 15) is 0 Å². The van der Waals surface area contributed by atoms with Crippen molar-refractivity contribution in [3.63, 3.8) is 0 Å². The zero-order chi connectivity index (χ0) is 12.8. The van der Waals surface area contributed by atoms with Gasteiger partial charge in [0.25, 0.3) is 0 Å². The van der Waals surface area contributed by atoms with Crippen molar-refractivity contribution in [3.05, 3.63) is 18.2 Å². The Morgan fingerprint density at radius 2 is 2.18 bits per heavy atom. The zero-order valence-corrected chi connectivity index (χ0v) is 10.6. The minimum absolute atomic E-state index is 0.305. The summed E-state index contributed by atoms with van der Waals surface area (Å²) in [7, 11) is 1.62. The molecule has 0 heterocycles. The molecule has 0 fully saturated rings. The molecule has 4 nitrogen and oxygen atoms in total. The van der Waals surface area contributed by atoms with Crippen molar-refractivity contribution in [2.45, 2.75) is 26.3 Å². The lowest BCUT2D eigenvalue weighted by molar-refractivity contribution is 0.415. The van der Waals surface area contributed by atoms with Crippen LogP contribution in [-0.4, -0.2) is 19.7 Å². The average Bonchev–Trinajstić information content (AvgIpc) is 2.30. The fourth-order valence-electron chi connectivity index (χ4n) is 1.75. The number of nitrogen functional groups attached to an aromatic ring is 1. The molecule has 0 aliphatic heterocycles. The van der Waals surface area contributed by atoms with Crippen molar-refractivity contribution in [2.75, 3.05) is 24.3 Å². The third-order valence-electron chi connectivity index (χ3n) is 2.63. The number of nitrogens with zero attached hydrogens (tertiary/aromatic N) is 2. The van der Waals surface area contributed by atoms with Crippen molar-refractivity contribution in [3.8, 4) is 11.8 Å². The molecule has 0 spiro atoms. The lowest BCUT2D eigenvalue weighted by Crippen LogP contribution is -2.32. The highest BCUT2D eigenvalue weighted by molar-refractivity contribution is 5.69. The molecule has 17 heavy (non-hydrogen) atoms. The minimum atomic E-state index is 0.305. The number of nitrogens with two attached hydrogens (primary N) is 1. The van der Waals surface area contributed by atoms with E-state index in [1.165, 1.54) is 0 Å². The quantitative estimate of drug-likeness (QED) is 0.793. The number of nitriles is 1. The van der Waals surface area contributed by atoms with Gasteiger partial charge >= 0.3 is 0 Å². The maximum absolute atomic E-state index is 8.67. The van der Waals surface area contributed by atoms with Crippen molar-refractivity contribution in [1.29, 1.82) is 5.26 Å². The number of ether oxygens (including phenoxy) is 1. The first-order valence-corrected chi connectivity index (χ1v) is 5.67. The third kappa shape index (κ3) is 3.28. The molecule has 0 atom stereocenters. The summed E-state index contributed by atoms with van der Waals surface area (Å²) in [5, 5.41) is 8.67. The third-order valence-corrected chi connectivity index (χ3v) is 2.63. The molecule has 0 unspecified atom stereocenters. The Labute approximate surface area is 103 Å². The van der Waals surface area contributed by atoms with E-state index < -0.39 is 0 Å². The monoisotopic (exact) mass is 233 g/mol. The van der Waals surface area contributed by atoms with Gasteiger partial charge in [0.05, 0.1) is 31.0 Å². The molecule has 4 heteroatoms. The summed E-state index contributed by atoms with van der Waals surface area (Å²) >= 11 is 0. The van der Waals surface area contributed by atoms with Crippen LogP contribution in [0.3, 0.4) is 0 Å². The lowest BCUT2D eigenvalue weighted by atomic mass is 10.2. The molecule has 2 N–H and O–H groups in total. The molecule has 0 radical (unpaired) electrons. The highest BCUT2D eigenvalue weighted by Gasteiger charge is 2.13. The van der Waals surface area contributed by atoms with Gasteiger partial charge in [-0.1, -0.05) is 0 Å². The molecular weight excluding hydrogens is 214 g/mol. The standard InChI is InChI=1S/C13H19N3O/c1-10(2)16(8-4-7-14)13-6-5-11(17-3)9-12(13)15/h5-6,9-10H,4,8,15H2,1-3H3. The molecule has 0 amide bonds. The highest BCUT2D eigenvalue weighted by atomic mass is 16.5. The molecule has 0 aliphatic rings. The molecule has 92 valence electrons. The SMILES string of the molecule is COc1ccc(N(CCC#N)C(C)C)c(N)c1. The molecule has 1 aromatic rings. The van der Waals surface area contributed by atoms with E-state index in [0.717, 1.165) is 11.4 Å². The van der Waals surface area contributed by atoms with Gasteiger partial charge < -0.3 is 15.4 Å². The second kappa shape index (κ2) is 6.00. The number of methoxy groups -OCH3 is 1. The van der Waals surface area contributed by atoms with E-state index in [1.54, 1.807) is 13.2 Å². The maximum Gasteiger partial charge on any atom is 0.121 e. The summed E-state index contributed by atoms with van der Waals surface area (Å²) in [6.07, 6.45) is 0.490. The van der Waals surface area contributed by atoms with Crippen LogP contribution in [0, 0.1) is 11.3 Å². The molecule has 0 bridgehead atoms. The molecular formula is C13H19N3O. The minimum Gasteiger partial charge on any atom is -0.497 e. The van der Waals surface area contributed by atoms with Crippen LogP contribution >= 0.6 is 0 Å². The van der Waals surface area contributed by atoms with Crippen LogP contribution in [-0.2, 0) is 0 Å². The molecule has 1 rings (SSSR count). The van der Waals surface area contributed by atoms with Crippen LogP contribution in [0.1, 0.15) is 20.3 Å². The predicted octanol–water partition coefficient (Wildman–Crippen LogP) is 2.41. The number of anilines is 2. The van der Waals surface area contributed by atoms with E-state index in [0.29, 0.717) is 24.7 Å². The fraction of sp³-hybridized carbons (Fsp3) is 0.462. The Kier molecular flexibility index (Phi) is 4.65. The summed E-state index contributed by atoms with van der Waals surface area (Å²) < 4.78 is 5.12. The Bertz CT molecular complexity index is 410. The highest BCUT2D eigenvalue weighted by Crippen LogP contribution is 2.29. The second-order valence-corrected chi connectivity index (χ2v) is 4.12. The van der Waals surface area contributed by atoms with E-state index in [4.69, 9.17) is 15.7 Å². The fourth-order valence-corrected chi connectivity index (χ4v) is 1.75. The van der Waals surface area contributed by atoms with Crippen molar-refractivity contribution >= 4 is 11.4 Å². The number of hydrogen-bond donors (Lipinski definition) is 1. The van der Waals surface area contributed by atoms with Gasteiger partial charge in [-0.2, -0.15) is 5.26 Å². The van der Waals surface area contributed by atoms with Crippen LogP contribution < -0.4 is 15.4 Å². The molecule has 0 saturated heterocycles. The normalized spacial score (nSPS) is 10.1. The van der Waals surface area contributed by atoms with Crippen molar-refractivity contribution in [1.82, 2.24) is 0 Å². The first kappa shape index (κ1) is 13.2. The van der Waals surface area contributed by atoms with Gasteiger partial charge in [-0.3, -0.25) is 0 Å². The van der Waals surface area contributed by atoms with Gasteiger partial charge in [0.2, 0.25) is 0 Å². The van der Waals surface area contributed by atoms with Crippen LogP contribution in [0.15, 0.2) is 18.2 Å². The predicted molar refractivity (Wildman–Crippen MR) is 70.1 cm³/mol. The van der Waals surface area contributed by atoms with E-state index >= 15 is 0 Å². The van der Waals surface area contributed by atoms with Crippen LogP contribution in [0.2, 0.25) is 0 Å². The number of benzene rings is 1. The number of rotatable bonds is 5. The van der Waals surface area contributed by atoms with Gasteiger partial charge in [-0.25, -0.2) is 0 Å².